The first-order chi connectivity index (χ1) is 9.24. The minimum atomic E-state index is -0.443. The zero-order valence-corrected chi connectivity index (χ0v) is 10.9. The van der Waals surface area contributed by atoms with Gasteiger partial charge in [-0.2, -0.15) is 0 Å². The van der Waals surface area contributed by atoms with E-state index in [1.54, 1.807) is 12.2 Å². The highest BCUT2D eigenvalue weighted by Crippen LogP contribution is 2.01. The van der Waals surface area contributed by atoms with Crippen molar-refractivity contribution in [1.29, 1.82) is 0 Å². The van der Waals surface area contributed by atoms with Gasteiger partial charge in [-0.15, -0.1) is 6.58 Å². The number of benzene rings is 1. The van der Waals surface area contributed by atoms with E-state index in [9.17, 15) is 4.79 Å². The van der Waals surface area contributed by atoms with Crippen molar-refractivity contribution in [2.45, 2.75) is 0 Å². The van der Waals surface area contributed by atoms with Crippen molar-refractivity contribution in [2.24, 2.45) is 0 Å². The summed E-state index contributed by atoms with van der Waals surface area (Å²) in [6.45, 7) is 7.88. The predicted octanol–water partition coefficient (Wildman–Crippen LogP) is 3.00. The lowest BCUT2D eigenvalue weighted by Gasteiger charge is -2.05. The van der Waals surface area contributed by atoms with Crippen molar-refractivity contribution in [3.63, 3.8) is 0 Å². The molecule has 0 N–H and O–H groups in total. The van der Waals surface area contributed by atoms with Gasteiger partial charge in [0, 0.05) is 0 Å². The zero-order chi connectivity index (χ0) is 13.9. The molecule has 0 saturated carbocycles. The van der Waals surface area contributed by atoms with Crippen molar-refractivity contribution < 1.29 is 14.3 Å². The van der Waals surface area contributed by atoms with Gasteiger partial charge in [-0.1, -0.05) is 49.1 Å². The molecule has 1 rings (SSSR count). The molecule has 1 aromatic rings. The fourth-order valence-corrected chi connectivity index (χ4v) is 1.30. The van der Waals surface area contributed by atoms with Crippen molar-refractivity contribution in [2.75, 3.05) is 19.8 Å². The van der Waals surface area contributed by atoms with Gasteiger partial charge in [0.25, 0.3) is 0 Å². The van der Waals surface area contributed by atoms with Crippen LogP contribution in [0.15, 0.2) is 61.2 Å². The van der Waals surface area contributed by atoms with Crippen LogP contribution >= 0.6 is 0 Å². The van der Waals surface area contributed by atoms with Crippen LogP contribution in [0.1, 0.15) is 5.56 Å². The Labute approximate surface area is 113 Å². The van der Waals surface area contributed by atoms with Gasteiger partial charge in [-0.25, -0.2) is 4.79 Å². The lowest BCUT2D eigenvalue weighted by molar-refractivity contribution is -0.138. The first-order valence-electron chi connectivity index (χ1n) is 5.99. The number of esters is 1. The third kappa shape index (κ3) is 6.38. The van der Waals surface area contributed by atoms with Gasteiger partial charge < -0.3 is 9.47 Å². The molecule has 1 aromatic carbocycles. The van der Waals surface area contributed by atoms with E-state index in [0.29, 0.717) is 12.2 Å². The summed E-state index contributed by atoms with van der Waals surface area (Å²) in [5.74, 6) is -0.443. The molecule has 0 aromatic heterocycles. The van der Waals surface area contributed by atoms with Gasteiger partial charge in [-0.05, 0) is 11.6 Å². The Balaban J connectivity index is 2.25. The number of hydrogen-bond donors (Lipinski definition) is 0. The average molecular weight is 258 g/mol. The number of carbonyl (C=O) groups is 1. The average Bonchev–Trinajstić information content (AvgIpc) is 2.44. The minimum Gasteiger partial charge on any atom is -0.458 e. The molecule has 0 bridgehead atoms. The fourth-order valence-electron chi connectivity index (χ4n) is 1.30. The molecule has 0 radical (unpaired) electrons. The largest absolute Gasteiger partial charge is 0.458 e. The number of carbonyl (C=O) groups excluding carboxylic acids is 1. The lowest BCUT2D eigenvalue weighted by Crippen LogP contribution is -2.12. The molecule has 0 aliphatic carbocycles. The molecule has 0 amide bonds. The highest BCUT2D eigenvalue weighted by Gasteiger charge is 2.06. The molecular weight excluding hydrogens is 240 g/mol. The van der Waals surface area contributed by atoms with E-state index in [-0.39, 0.29) is 13.2 Å². The Hall–Kier alpha value is -2.13. The quantitative estimate of drug-likeness (QED) is 0.311. The van der Waals surface area contributed by atoms with Crippen LogP contribution in [0.25, 0.3) is 6.08 Å². The Morgan fingerprint density at radius 2 is 1.95 bits per heavy atom. The summed E-state index contributed by atoms with van der Waals surface area (Å²) < 4.78 is 10.1. The standard InChI is InChI=1S/C16H18O3/c1-3-11-18-13-14(2)16(17)19-12-7-10-15-8-5-4-6-9-15/h3-10H,1-2,11-13H2/b10-7+. The maximum Gasteiger partial charge on any atom is 0.336 e. The van der Waals surface area contributed by atoms with Crippen LogP contribution < -0.4 is 0 Å². The SMILES string of the molecule is C=CCOCC(=C)C(=O)OC/C=C/c1ccccc1. The van der Waals surface area contributed by atoms with E-state index in [1.807, 2.05) is 36.4 Å². The van der Waals surface area contributed by atoms with Crippen LogP contribution in [-0.4, -0.2) is 25.8 Å². The maximum atomic E-state index is 11.5. The summed E-state index contributed by atoms with van der Waals surface area (Å²) in [4.78, 5) is 11.5. The van der Waals surface area contributed by atoms with Gasteiger partial charge in [0.2, 0.25) is 0 Å². The highest BCUT2D eigenvalue weighted by molar-refractivity contribution is 5.88. The fraction of sp³-hybridized carbons (Fsp3) is 0.188. The molecule has 3 nitrogen and oxygen atoms in total. The van der Waals surface area contributed by atoms with Crippen LogP contribution in [0.3, 0.4) is 0 Å². The molecule has 0 aliphatic rings. The van der Waals surface area contributed by atoms with Gasteiger partial charge in [-0.3, -0.25) is 0 Å². The summed E-state index contributed by atoms with van der Waals surface area (Å²) in [5.41, 5.74) is 1.36. The van der Waals surface area contributed by atoms with E-state index in [1.165, 1.54) is 0 Å². The first kappa shape index (κ1) is 14.9. The topological polar surface area (TPSA) is 35.5 Å². The summed E-state index contributed by atoms with van der Waals surface area (Å²) in [5, 5.41) is 0. The first-order valence-corrected chi connectivity index (χ1v) is 5.99. The second kappa shape index (κ2) is 8.89. The van der Waals surface area contributed by atoms with E-state index in [4.69, 9.17) is 9.47 Å². The molecule has 0 saturated heterocycles. The molecule has 0 spiro atoms. The molecule has 0 heterocycles. The van der Waals surface area contributed by atoms with Crippen molar-refractivity contribution >= 4 is 12.0 Å². The molecule has 100 valence electrons. The second-order valence-electron chi connectivity index (χ2n) is 3.82. The molecule has 0 atom stereocenters. The summed E-state index contributed by atoms with van der Waals surface area (Å²) in [7, 11) is 0. The van der Waals surface area contributed by atoms with Gasteiger partial charge in [0.15, 0.2) is 0 Å². The van der Waals surface area contributed by atoms with Gasteiger partial charge >= 0.3 is 5.97 Å². The zero-order valence-electron chi connectivity index (χ0n) is 10.9. The second-order valence-corrected chi connectivity index (χ2v) is 3.82. The Kier molecular flexibility index (Phi) is 6.98. The number of ether oxygens (including phenoxy) is 2. The molecule has 0 fully saturated rings. The van der Waals surface area contributed by atoms with E-state index in [2.05, 4.69) is 13.2 Å². The smallest absolute Gasteiger partial charge is 0.336 e. The molecule has 3 heteroatoms. The monoisotopic (exact) mass is 258 g/mol. The normalized spacial score (nSPS) is 10.3. The molecular formula is C16H18O3. The van der Waals surface area contributed by atoms with Crippen molar-refractivity contribution in [3.05, 3.63) is 66.8 Å². The Bertz CT molecular complexity index is 446. The molecule has 0 aliphatic heterocycles. The van der Waals surface area contributed by atoms with Gasteiger partial charge in [0.05, 0.1) is 18.8 Å². The van der Waals surface area contributed by atoms with E-state index < -0.39 is 5.97 Å². The molecule has 19 heavy (non-hydrogen) atoms. The third-order valence-electron chi connectivity index (χ3n) is 2.22. The lowest BCUT2D eigenvalue weighted by atomic mass is 10.2. The Morgan fingerprint density at radius 1 is 1.21 bits per heavy atom. The van der Waals surface area contributed by atoms with Crippen molar-refractivity contribution in [1.82, 2.24) is 0 Å². The van der Waals surface area contributed by atoms with Crippen LogP contribution in [0.5, 0.6) is 0 Å². The number of rotatable bonds is 8. The van der Waals surface area contributed by atoms with Crippen LogP contribution in [-0.2, 0) is 14.3 Å². The summed E-state index contributed by atoms with van der Waals surface area (Å²) in [6, 6.07) is 9.79. The summed E-state index contributed by atoms with van der Waals surface area (Å²) >= 11 is 0. The minimum absolute atomic E-state index is 0.160. The predicted molar refractivity (Wildman–Crippen MR) is 76.6 cm³/mol. The Morgan fingerprint density at radius 3 is 2.63 bits per heavy atom. The van der Waals surface area contributed by atoms with Gasteiger partial charge in [0.1, 0.15) is 6.61 Å². The van der Waals surface area contributed by atoms with Crippen LogP contribution in [0, 0.1) is 0 Å². The highest BCUT2D eigenvalue weighted by atomic mass is 16.5. The van der Waals surface area contributed by atoms with Crippen LogP contribution in [0.4, 0.5) is 0 Å². The molecule has 0 unspecified atom stereocenters. The maximum absolute atomic E-state index is 11.5. The third-order valence-corrected chi connectivity index (χ3v) is 2.22. The summed E-state index contributed by atoms with van der Waals surface area (Å²) in [6.07, 6.45) is 5.29. The van der Waals surface area contributed by atoms with E-state index >= 15 is 0 Å². The van der Waals surface area contributed by atoms with Crippen molar-refractivity contribution in [3.8, 4) is 0 Å². The number of hydrogen-bond acceptors (Lipinski definition) is 3. The van der Waals surface area contributed by atoms with Crippen LogP contribution in [0.2, 0.25) is 0 Å². The van der Waals surface area contributed by atoms with E-state index in [0.717, 1.165) is 5.56 Å².